The minimum absolute atomic E-state index is 0.133. The largest absolute Gasteiger partial charge is 0.496 e. The number of aryl methyl sites for hydroxylation is 1. The predicted octanol–water partition coefficient (Wildman–Crippen LogP) is 3.37. The highest BCUT2D eigenvalue weighted by Gasteiger charge is 2.48. The molecule has 0 amide bonds. The van der Waals surface area contributed by atoms with Gasteiger partial charge in [0.2, 0.25) is 0 Å². The Bertz CT molecular complexity index is 425. The molecule has 1 aliphatic carbocycles. The number of hydrogen-bond donors (Lipinski definition) is 1. The quantitative estimate of drug-likeness (QED) is 0.850. The molecule has 0 spiro atoms. The first-order valence-corrected chi connectivity index (χ1v) is 6.35. The van der Waals surface area contributed by atoms with Crippen LogP contribution in [0.25, 0.3) is 0 Å². The van der Waals surface area contributed by atoms with E-state index in [-0.39, 0.29) is 11.0 Å². The third kappa shape index (κ3) is 1.85. The van der Waals surface area contributed by atoms with Crippen molar-refractivity contribution in [3.05, 3.63) is 29.3 Å². The van der Waals surface area contributed by atoms with Crippen molar-refractivity contribution in [3.63, 3.8) is 0 Å². The molecule has 1 fully saturated rings. The number of benzene rings is 1. The van der Waals surface area contributed by atoms with Crippen LogP contribution < -0.4 is 10.5 Å². The maximum atomic E-state index is 6.72. The van der Waals surface area contributed by atoms with E-state index < -0.39 is 0 Å². The highest BCUT2D eigenvalue weighted by molar-refractivity contribution is 5.43. The van der Waals surface area contributed by atoms with E-state index in [1.807, 2.05) is 6.07 Å². The van der Waals surface area contributed by atoms with Crippen LogP contribution in [-0.4, -0.2) is 7.11 Å². The molecule has 17 heavy (non-hydrogen) atoms. The summed E-state index contributed by atoms with van der Waals surface area (Å²) in [6, 6.07) is 6.30. The Morgan fingerprint density at radius 1 is 1.24 bits per heavy atom. The van der Waals surface area contributed by atoms with E-state index in [2.05, 4.69) is 32.9 Å². The van der Waals surface area contributed by atoms with Crippen LogP contribution in [0.5, 0.6) is 5.75 Å². The third-order valence-electron chi connectivity index (χ3n) is 4.42. The van der Waals surface area contributed by atoms with Gasteiger partial charge in [-0.2, -0.15) is 0 Å². The fraction of sp³-hybridized carbons (Fsp3) is 0.600. The highest BCUT2D eigenvalue weighted by atomic mass is 16.5. The summed E-state index contributed by atoms with van der Waals surface area (Å²) in [5.74, 6) is 0.924. The van der Waals surface area contributed by atoms with Gasteiger partial charge in [0.25, 0.3) is 0 Å². The van der Waals surface area contributed by atoms with Gasteiger partial charge >= 0.3 is 0 Å². The standard InChI is InChI=1S/C15H23NO/c1-11-6-7-13(17-4)12(10-11)15(16)9-5-8-14(15,2)3/h6-7,10H,5,8-9,16H2,1-4H3. The Morgan fingerprint density at radius 3 is 2.47 bits per heavy atom. The van der Waals surface area contributed by atoms with Crippen molar-refractivity contribution in [1.82, 2.24) is 0 Å². The molecule has 1 aromatic carbocycles. The van der Waals surface area contributed by atoms with E-state index in [4.69, 9.17) is 10.5 Å². The molecule has 2 rings (SSSR count). The molecule has 2 heteroatoms. The molecule has 0 bridgehead atoms. The Morgan fingerprint density at radius 2 is 1.94 bits per heavy atom. The lowest BCUT2D eigenvalue weighted by molar-refractivity contribution is 0.204. The molecule has 0 heterocycles. The first-order valence-electron chi connectivity index (χ1n) is 6.35. The van der Waals surface area contributed by atoms with Crippen LogP contribution in [0.2, 0.25) is 0 Å². The summed E-state index contributed by atoms with van der Waals surface area (Å²) in [5, 5.41) is 0. The average Bonchev–Trinajstić information content (AvgIpc) is 2.54. The normalized spacial score (nSPS) is 27.1. The fourth-order valence-electron chi connectivity index (χ4n) is 3.04. The molecule has 0 saturated heterocycles. The van der Waals surface area contributed by atoms with Crippen LogP contribution in [0.15, 0.2) is 18.2 Å². The summed E-state index contributed by atoms with van der Waals surface area (Å²) >= 11 is 0. The minimum atomic E-state index is -0.260. The zero-order valence-corrected chi connectivity index (χ0v) is 11.3. The summed E-state index contributed by atoms with van der Waals surface area (Å²) in [6.07, 6.45) is 3.42. The maximum Gasteiger partial charge on any atom is 0.123 e. The van der Waals surface area contributed by atoms with Crippen LogP contribution in [0.3, 0.4) is 0 Å². The van der Waals surface area contributed by atoms with E-state index in [0.29, 0.717) is 0 Å². The monoisotopic (exact) mass is 233 g/mol. The van der Waals surface area contributed by atoms with Gasteiger partial charge in [-0.3, -0.25) is 0 Å². The maximum absolute atomic E-state index is 6.72. The lowest BCUT2D eigenvalue weighted by Gasteiger charge is -2.39. The van der Waals surface area contributed by atoms with E-state index in [0.717, 1.165) is 12.2 Å². The Balaban J connectivity index is 2.56. The van der Waals surface area contributed by atoms with Gasteiger partial charge in [0.05, 0.1) is 7.11 Å². The van der Waals surface area contributed by atoms with Crippen LogP contribution in [0, 0.1) is 12.3 Å². The van der Waals surface area contributed by atoms with Crippen molar-refractivity contribution in [2.45, 2.75) is 45.6 Å². The zero-order chi connectivity index (χ0) is 12.7. The topological polar surface area (TPSA) is 35.2 Å². The third-order valence-corrected chi connectivity index (χ3v) is 4.42. The summed E-state index contributed by atoms with van der Waals surface area (Å²) in [4.78, 5) is 0. The van der Waals surface area contributed by atoms with Crippen LogP contribution in [0.4, 0.5) is 0 Å². The second kappa shape index (κ2) is 4.02. The number of nitrogens with two attached hydrogens (primary N) is 1. The van der Waals surface area contributed by atoms with Crippen molar-refractivity contribution >= 4 is 0 Å². The van der Waals surface area contributed by atoms with Crippen LogP contribution in [0.1, 0.15) is 44.2 Å². The van der Waals surface area contributed by atoms with Gasteiger partial charge < -0.3 is 10.5 Å². The Kier molecular flexibility index (Phi) is 2.94. The summed E-state index contributed by atoms with van der Waals surface area (Å²) in [5.41, 5.74) is 9.01. The van der Waals surface area contributed by atoms with E-state index in [1.165, 1.54) is 24.0 Å². The number of ether oxygens (including phenoxy) is 1. The number of rotatable bonds is 2. The molecule has 1 saturated carbocycles. The van der Waals surface area contributed by atoms with Crippen molar-refractivity contribution in [2.24, 2.45) is 11.1 Å². The first-order chi connectivity index (χ1) is 7.90. The van der Waals surface area contributed by atoms with Gasteiger partial charge in [-0.1, -0.05) is 38.0 Å². The lowest BCUT2D eigenvalue weighted by atomic mass is 9.71. The molecular formula is C15H23NO. The predicted molar refractivity (Wildman–Crippen MR) is 71.2 cm³/mol. The molecule has 94 valence electrons. The van der Waals surface area contributed by atoms with Gasteiger partial charge in [-0.15, -0.1) is 0 Å². The van der Waals surface area contributed by atoms with E-state index in [9.17, 15) is 0 Å². The number of methoxy groups -OCH3 is 1. The van der Waals surface area contributed by atoms with Crippen molar-refractivity contribution < 1.29 is 4.74 Å². The molecule has 1 atom stereocenters. The molecule has 1 aromatic rings. The smallest absolute Gasteiger partial charge is 0.123 e. The first kappa shape index (κ1) is 12.4. The summed E-state index contributed by atoms with van der Waals surface area (Å²) in [7, 11) is 1.72. The highest BCUT2D eigenvalue weighted by Crippen LogP contribution is 2.52. The molecule has 1 aliphatic rings. The van der Waals surface area contributed by atoms with Crippen molar-refractivity contribution in [3.8, 4) is 5.75 Å². The average molecular weight is 233 g/mol. The molecule has 2 N–H and O–H groups in total. The molecule has 0 aliphatic heterocycles. The van der Waals surface area contributed by atoms with Crippen molar-refractivity contribution in [2.75, 3.05) is 7.11 Å². The molecular weight excluding hydrogens is 210 g/mol. The Labute approximate surface area is 104 Å². The van der Waals surface area contributed by atoms with Crippen LogP contribution >= 0.6 is 0 Å². The molecule has 0 aromatic heterocycles. The molecule has 2 nitrogen and oxygen atoms in total. The van der Waals surface area contributed by atoms with Crippen molar-refractivity contribution in [1.29, 1.82) is 0 Å². The SMILES string of the molecule is COc1ccc(C)cc1C1(N)CCCC1(C)C. The van der Waals surface area contributed by atoms with Gasteiger partial charge in [0.15, 0.2) is 0 Å². The Hall–Kier alpha value is -1.02. The van der Waals surface area contributed by atoms with Gasteiger partial charge in [-0.05, 0) is 31.2 Å². The second-order valence-electron chi connectivity index (χ2n) is 5.91. The van der Waals surface area contributed by atoms with Gasteiger partial charge in [-0.25, -0.2) is 0 Å². The fourth-order valence-corrected chi connectivity index (χ4v) is 3.04. The zero-order valence-electron chi connectivity index (χ0n) is 11.3. The lowest BCUT2D eigenvalue weighted by Crippen LogP contribution is -2.46. The number of hydrogen-bond acceptors (Lipinski definition) is 2. The molecule has 1 unspecified atom stereocenters. The van der Waals surface area contributed by atoms with E-state index >= 15 is 0 Å². The second-order valence-corrected chi connectivity index (χ2v) is 5.91. The summed E-state index contributed by atoms with van der Waals surface area (Å²) < 4.78 is 5.49. The van der Waals surface area contributed by atoms with Crippen LogP contribution in [-0.2, 0) is 5.54 Å². The minimum Gasteiger partial charge on any atom is -0.496 e. The van der Waals surface area contributed by atoms with E-state index in [1.54, 1.807) is 7.11 Å². The van der Waals surface area contributed by atoms with Gasteiger partial charge in [0.1, 0.15) is 5.75 Å². The summed E-state index contributed by atoms with van der Waals surface area (Å²) in [6.45, 7) is 6.64. The van der Waals surface area contributed by atoms with Gasteiger partial charge in [0, 0.05) is 11.1 Å². The molecule has 0 radical (unpaired) electrons.